The third-order valence-electron chi connectivity index (χ3n) is 2.49. The molecule has 15 heavy (non-hydrogen) atoms. The Hall–Kier alpha value is -0.930. The first-order chi connectivity index (χ1) is 7.35. The van der Waals surface area contributed by atoms with Gasteiger partial charge in [-0.15, -0.1) is 0 Å². The van der Waals surface area contributed by atoms with E-state index in [9.17, 15) is 0 Å². The van der Waals surface area contributed by atoms with Crippen molar-refractivity contribution in [2.24, 2.45) is 5.73 Å². The molecule has 0 amide bonds. The zero-order valence-corrected chi connectivity index (χ0v) is 9.73. The number of H-pyrrole nitrogens is 1. The fourth-order valence-corrected chi connectivity index (χ4v) is 2.32. The molecule has 0 saturated heterocycles. The van der Waals surface area contributed by atoms with E-state index in [-0.39, 0.29) is 0 Å². The molecule has 0 unspecified atom stereocenters. The molecule has 80 valence electrons. The van der Waals surface area contributed by atoms with Gasteiger partial charge in [-0.2, -0.15) is 11.8 Å². The Morgan fingerprint density at radius 1 is 1.40 bits per heavy atom. The number of nitrogens with one attached hydrogen (secondary N) is 1. The van der Waals surface area contributed by atoms with Crippen LogP contribution in [0.4, 0.5) is 0 Å². The van der Waals surface area contributed by atoms with Crippen molar-refractivity contribution in [3.63, 3.8) is 0 Å². The zero-order valence-electron chi connectivity index (χ0n) is 8.92. The maximum Gasteiger partial charge on any atom is 0.0459 e. The Kier molecular flexibility index (Phi) is 3.34. The second kappa shape index (κ2) is 4.73. The van der Waals surface area contributed by atoms with Crippen LogP contribution < -0.4 is 5.73 Å². The van der Waals surface area contributed by atoms with E-state index in [0.29, 0.717) is 6.54 Å². The smallest absolute Gasteiger partial charge is 0.0459 e. The third kappa shape index (κ3) is 2.19. The highest BCUT2D eigenvalue weighted by Crippen LogP contribution is 2.22. The number of aromatic nitrogens is 1. The minimum absolute atomic E-state index is 0.607. The normalized spacial score (nSPS) is 11.1. The van der Waals surface area contributed by atoms with Crippen LogP contribution in [-0.4, -0.2) is 10.7 Å². The molecule has 2 nitrogen and oxygen atoms in total. The van der Waals surface area contributed by atoms with Crippen LogP contribution in [0, 0.1) is 0 Å². The summed E-state index contributed by atoms with van der Waals surface area (Å²) >= 11 is 1.93. The van der Waals surface area contributed by atoms with Crippen molar-refractivity contribution in [3.05, 3.63) is 35.5 Å². The lowest BCUT2D eigenvalue weighted by Gasteiger charge is -1.96. The van der Waals surface area contributed by atoms with E-state index in [2.05, 4.69) is 36.2 Å². The summed E-state index contributed by atoms with van der Waals surface area (Å²) in [5.41, 5.74) is 9.41. The lowest BCUT2D eigenvalue weighted by atomic mass is 10.1. The maximum atomic E-state index is 5.71. The van der Waals surface area contributed by atoms with Crippen LogP contribution in [-0.2, 0) is 12.3 Å². The van der Waals surface area contributed by atoms with Crippen LogP contribution in [0.15, 0.2) is 24.3 Å². The SMILES string of the molecule is CCSCc1cc2c(CN)cccc2[nH]1. The Balaban J connectivity index is 2.37. The first-order valence-electron chi connectivity index (χ1n) is 5.22. The third-order valence-corrected chi connectivity index (χ3v) is 3.42. The zero-order chi connectivity index (χ0) is 10.7. The number of hydrogen-bond acceptors (Lipinski definition) is 2. The number of aromatic amines is 1. The molecule has 0 radical (unpaired) electrons. The fourth-order valence-electron chi connectivity index (χ4n) is 1.74. The van der Waals surface area contributed by atoms with Gasteiger partial charge in [0.25, 0.3) is 0 Å². The van der Waals surface area contributed by atoms with Crippen LogP contribution in [0.5, 0.6) is 0 Å². The van der Waals surface area contributed by atoms with Crippen LogP contribution >= 0.6 is 11.8 Å². The van der Waals surface area contributed by atoms with Crippen molar-refractivity contribution in [3.8, 4) is 0 Å². The highest BCUT2D eigenvalue weighted by atomic mass is 32.2. The summed E-state index contributed by atoms with van der Waals surface area (Å²) in [4.78, 5) is 3.43. The number of fused-ring (bicyclic) bond motifs is 1. The standard InChI is InChI=1S/C12H16N2S/c1-2-15-8-10-6-11-9(7-13)4-3-5-12(11)14-10/h3-6,14H,2,7-8,13H2,1H3. The van der Waals surface area contributed by atoms with Gasteiger partial charge in [-0.3, -0.25) is 0 Å². The van der Waals surface area contributed by atoms with Crippen molar-refractivity contribution in [2.75, 3.05) is 5.75 Å². The molecule has 0 aliphatic carbocycles. The quantitative estimate of drug-likeness (QED) is 0.832. The van der Waals surface area contributed by atoms with Crippen LogP contribution in [0.25, 0.3) is 10.9 Å². The summed E-state index contributed by atoms with van der Waals surface area (Å²) in [6.45, 7) is 2.79. The van der Waals surface area contributed by atoms with Gasteiger partial charge >= 0.3 is 0 Å². The summed E-state index contributed by atoms with van der Waals surface area (Å²) in [5.74, 6) is 2.20. The molecule has 3 heteroatoms. The molecular weight excluding hydrogens is 204 g/mol. The predicted octanol–water partition coefficient (Wildman–Crippen LogP) is 2.88. The van der Waals surface area contributed by atoms with Crippen molar-refractivity contribution in [1.29, 1.82) is 0 Å². The van der Waals surface area contributed by atoms with E-state index in [4.69, 9.17) is 5.73 Å². The van der Waals surface area contributed by atoms with Crippen LogP contribution in [0.2, 0.25) is 0 Å². The Labute approximate surface area is 94.2 Å². The highest BCUT2D eigenvalue weighted by molar-refractivity contribution is 7.98. The van der Waals surface area contributed by atoms with Crippen LogP contribution in [0.3, 0.4) is 0 Å². The number of nitrogens with two attached hydrogens (primary N) is 1. The van der Waals surface area contributed by atoms with Crippen molar-refractivity contribution in [1.82, 2.24) is 4.98 Å². The van der Waals surface area contributed by atoms with Crippen LogP contribution in [0.1, 0.15) is 18.2 Å². The van der Waals surface area contributed by atoms with E-state index >= 15 is 0 Å². The average molecular weight is 220 g/mol. The molecule has 1 aromatic heterocycles. The van der Waals surface area contributed by atoms with E-state index in [0.717, 1.165) is 11.5 Å². The molecule has 0 saturated carbocycles. The van der Waals surface area contributed by atoms with Gasteiger partial charge in [-0.25, -0.2) is 0 Å². The monoisotopic (exact) mass is 220 g/mol. The van der Waals surface area contributed by atoms with Gasteiger partial charge in [0.15, 0.2) is 0 Å². The molecule has 0 bridgehead atoms. The number of thioether (sulfide) groups is 1. The van der Waals surface area contributed by atoms with Gasteiger partial charge in [0, 0.05) is 28.9 Å². The fraction of sp³-hybridized carbons (Fsp3) is 0.333. The lowest BCUT2D eigenvalue weighted by molar-refractivity contribution is 1.09. The molecular formula is C12H16N2S. The van der Waals surface area contributed by atoms with E-state index in [1.807, 2.05) is 11.8 Å². The lowest BCUT2D eigenvalue weighted by Crippen LogP contribution is -1.95. The second-order valence-electron chi connectivity index (χ2n) is 3.51. The summed E-state index contributed by atoms with van der Waals surface area (Å²) < 4.78 is 0. The molecule has 2 rings (SSSR count). The minimum atomic E-state index is 0.607. The molecule has 0 atom stereocenters. The minimum Gasteiger partial charge on any atom is -0.358 e. The molecule has 1 heterocycles. The van der Waals surface area contributed by atoms with Crippen molar-refractivity contribution >= 4 is 22.7 Å². The van der Waals surface area contributed by atoms with Crippen molar-refractivity contribution < 1.29 is 0 Å². The molecule has 0 aliphatic heterocycles. The van der Waals surface area contributed by atoms with Gasteiger partial charge in [0.2, 0.25) is 0 Å². The highest BCUT2D eigenvalue weighted by Gasteiger charge is 2.03. The Bertz CT molecular complexity index is 448. The Morgan fingerprint density at radius 2 is 2.27 bits per heavy atom. The molecule has 0 fully saturated rings. The maximum absolute atomic E-state index is 5.71. The van der Waals surface area contributed by atoms with E-state index in [1.165, 1.54) is 22.2 Å². The first-order valence-corrected chi connectivity index (χ1v) is 6.38. The van der Waals surface area contributed by atoms with E-state index < -0.39 is 0 Å². The number of rotatable bonds is 4. The molecule has 1 aromatic carbocycles. The summed E-state index contributed by atoms with van der Waals surface area (Å²) in [6.07, 6.45) is 0. The number of benzene rings is 1. The topological polar surface area (TPSA) is 41.8 Å². The molecule has 3 N–H and O–H groups in total. The Morgan fingerprint density at radius 3 is 3.00 bits per heavy atom. The first kappa shape index (κ1) is 10.6. The second-order valence-corrected chi connectivity index (χ2v) is 4.79. The van der Waals surface area contributed by atoms with E-state index in [1.54, 1.807) is 0 Å². The summed E-state index contributed by atoms with van der Waals surface area (Å²) in [6, 6.07) is 8.47. The van der Waals surface area contributed by atoms with Gasteiger partial charge in [-0.05, 0) is 23.4 Å². The molecule has 2 aromatic rings. The van der Waals surface area contributed by atoms with Gasteiger partial charge in [0.05, 0.1) is 0 Å². The van der Waals surface area contributed by atoms with Gasteiger partial charge < -0.3 is 10.7 Å². The number of hydrogen-bond donors (Lipinski definition) is 2. The molecule has 0 spiro atoms. The summed E-state index contributed by atoms with van der Waals surface area (Å²) in [7, 11) is 0. The predicted molar refractivity (Wildman–Crippen MR) is 68.0 cm³/mol. The largest absolute Gasteiger partial charge is 0.358 e. The van der Waals surface area contributed by atoms with Gasteiger partial charge in [-0.1, -0.05) is 19.1 Å². The average Bonchev–Trinajstić information content (AvgIpc) is 2.68. The summed E-state index contributed by atoms with van der Waals surface area (Å²) in [5, 5.41) is 1.27. The van der Waals surface area contributed by atoms with Gasteiger partial charge in [0.1, 0.15) is 0 Å². The molecule has 0 aliphatic rings. The van der Waals surface area contributed by atoms with Crippen molar-refractivity contribution in [2.45, 2.75) is 19.2 Å².